The third-order valence-electron chi connectivity index (χ3n) is 3.06. The molecule has 0 fully saturated rings. The molecular formula is C12H12IN3OS. The largest absolute Gasteiger partial charge is 0.454 e. The van der Waals surface area contributed by atoms with Crippen LogP contribution in [-0.2, 0) is 19.5 Å². The lowest BCUT2D eigenvalue weighted by atomic mass is 10.1. The Labute approximate surface area is 124 Å². The standard InChI is InChI=1S/C12H12IN3OS/c13-11-2-1-9(17-11)7-16-4-3-10-8(6-16)5-14-12(18)15-10/h1-2,5H,3-4,6-7H2,(H,14,15,18). The highest BCUT2D eigenvalue weighted by Gasteiger charge is 2.18. The van der Waals surface area contributed by atoms with E-state index in [4.69, 9.17) is 16.6 Å². The van der Waals surface area contributed by atoms with Crippen molar-refractivity contribution < 1.29 is 4.42 Å². The van der Waals surface area contributed by atoms with Crippen molar-refractivity contribution in [1.29, 1.82) is 0 Å². The molecule has 2 aromatic heterocycles. The molecule has 94 valence electrons. The molecule has 1 aliphatic heterocycles. The van der Waals surface area contributed by atoms with Crippen molar-refractivity contribution in [3.63, 3.8) is 0 Å². The fraction of sp³-hybridized carbons (Fsp3) is 0.333. The summed E-state index contributed by atoms with van der Waals surface area (Å²) < 4.78 is 7.11. The van der Waals surface area contributed by atoms with Gasteiger partial charge in [-0.25, -0.2) is 4.98 Å². The summed E-state index contributed by atoms with van der Waals surface area (Å²) >= 11 is 7.23. The van der Waals surface area contributed by atoms with Gasteiger partial charge in [0.05, 0.1) is 6.54 Å². The molecule has 3 rings (SSSR count). The van der Waals surface area contributed by atoms with E-state index in [9.17, 15) is 0 Å². The quantitative estimate of drug-likeness (QED) is 0.650. The number of hydrogen-bond acceptors (Lipinski definition) is 4. The van der Waals surface area contributed by atoms with Crippen LogP contribution in [0.5, 0.6) is 0 Å². The number of hydrogen-bond donors (Lipinski definition) is 1. The van der Waals surface area contributed by atoms with E-state index in [-0.39, 0.29) is 0 Å². The van der Waals surface area contributed by atoms with E-state index in [0.29, 0.717) is 4.77 Å². The van der Waals surface area contributed by atoms with Gasteiger partial charge in [0.2, 0.25) is 0 Å². The van der Waals surface area contributed by atoms with Gasteiger partial charge in [-0.2, -0.15) is 0 Å². The Balaban J connectivity index is 1.75. The third kappa shape index (κ3) is 2.65. The van der Waals surface area contributed by atoms with Gasteiger partial charge in [-0.15, -0.1) is 0 Å². The first kappa shape index (κ1) is 12.3. The predicted octanol–water partition coefficient (Wildman–Crippen LogP) is 2.90. The predicted molar refractivity (Wildman–Crippen MR) is 78.7 cm³/mol. The first-order valence-electron chi connectivity index (χ1n) is 5.74. The average molecular weight is 373 g/mol. The highest BCUT2D eigenvalue weighted by molar-refractivity contribution is 14.1. The van der Waals surface area contributed by atoms with Gasteiger partial charge in [0.15, 0.2) is 8.54 Å². The highest BCUT2D eigenvalue weighted by atomic mass is 127. The van der Waals surface area contributed by atoms with Crippen LogP contribution in [0.15, 0.2) is 22.7 Å². The van der Waals surface area contributed by atoms with Gasteiger partial charge in [-0.1, -0.05) is 0 Å². The van der Waals surface area contributed by atoms with Gasteiger partial charge in [0.1, 0.15) is 5.76 Å². The van der Waals surface area contributed by atoms with E-state index in [1.54, 1.807) is 0 Å². The molecule has 0 bridgehead atoms. The molecule has 6 heteroatoms. The van der Waals surface area contributed by atoms with Gasteiger partial charge in [0, 0.05) is 37.0 Å². The lowest BCUT2D eigenvalue weighted by Crippen LogP contribution is -2.30. The number of fused-ring (bicyclic) bond motifs is 1. The molecule has 0 amide bonds. The summed E-state index contributed by atoms with van der Waals surface area (Å²) in [4.78, 5) is 9.67. The van der Waals surface area contributed by atoms with Crippen molar-refractivity contribution in [3.8, 4) is 0 Å². The van der Waals surface area contributed by atoms with Crippen molar-refractivity contribution in [2.75, 3.05) is 6.54 Å². The monoisotopic (exact) mass is 373 g/mol. The molecule has 3 heterocycles. The van der Waals surface area contributed by atoms with E-state index in [1.165, 1.54) is 11.3 Å². The van der Waals surface area contributed by atoms with Crippen LogP contribution in [-0.4, -0.2) is 21.4 Å². The number of aromatic amines is 1. The maximum atomic E-state index is 5.60. The number of halogens is 1. The first-order valence-corrected chi connectivity index (χ1v) is 7.23. The minimum absolute atomic E-state index is 0.572. The maximum absolute atomic E-state index is 5.60. The molecule has 0 spiro atoms. The van der Waals surface area contributed by atoms with Crippen LogP contribution < -0.4 is 0 Å². The summed E-state index contributed by atoms with van der Waals surface area (Å²) in [6.45, 7) is 2.75. The molecule has 2 aromatic rings. The SMILES string of the molecule is S=c1ncc2c([nH]1)CCN(Cc1ccc(I)o1)C2. The number of nitrogens with one attached hydrogen (secondary N) is 1. The molecule has 0 atom stereocenters. The molecule has 0 aliphatic carbocycles. The van der Waals surface area contributed by atoms with Crippen molar-refractivity contribution in [2.45, 2.75) is 19.5 Å². The Morgan fingerprint density at radius 2 is 2.39 bits per heavy atom. The summed E-state index contributed by atoms with van der Waals surface area (Å²) in [7, 11) is 0. The average Bonchev–Trinajstić information content (AvgIpc) is 2.75. The fourth-order valence-electron chi connectivity index (χ4n) is 2.20. The molecule has 4 nitrogen and oxygen atoms in total. The number of aromatic nitrogens is 2. The number of furan rings is 1. The Bertz CT molecular complexity index is 622. The molecule has 0 saturated carbocycles. The Morgan fingerprint density at radius 3 is 3.17 bits per heavy atom. The zero-order valence-electron chi connectivity index (χ0n) is 9.65. The van der Waals surface area contributed by atoms with Crippen LogP contribution in [0, 0.1) is 8.54 Å². The van der Waals surface area contributed by atoms with E-state index >= 15 is 0 Å². The van der Waals surface area contributed by atoms with E-state index in [1.807, 2.05) is 18.3 Å². The smallest absolute Gasteiger partial charge is 0.196 e. The second-order valence-corrected chi connectivity index (χ2v) is 5.81. The zero-order valence-corrected chi connectivity index (χ0v) is 12.6. The number of rotatable bonds is 2. The lowest BCUT2D eigenvalue weighted by Gasteiger charge is -2.27. The lowest BCUT2D eigenvalue weighted by molar-refractivity contribution is 0.222. The second kappa shape index (κ2) is 5.10. The van der Waals surface area contributed by atoms with Crippen LogP contribution in [0.2, 0.25) is 0 Å². The summed E-state index contributed by atoms with van der Waals surface area (Å²) in [6, 6.07) is 4.03. The Kier molecular flexibility index (Phi) is 3.49. The summed E-state index contributed by atoms with van der Waals surface area (Å²) in [5.41, 5.74) is 2.45. The van der Waals surface area contributed by atoms with Crippen LogP contribution >= 0.6 is 34.8 Å². The minimum atomic E-state index is 0.572. The van der Waals surface area contributed by atoms with Gasteiger partial charge in [-0.3, -0.25) is 4.90 Å². The van der Waals surface area contributed by atoms with Gasteiger partial charge in [-0.05, 0) is 46.9 Å². The molecule has 18 heavy (non-hydrogen) atoms. The summed E-state index contributed by atoms with van der Waals surface area (Å²) in [6.07, 6.45) is 2.87. The maximum Gasteiger partial charge on any atom is 0.196 e. The van der Waals surface area contributed by atoms with Gasteiger partial charge in [0.25, 0.3) is 0 Å². The zero-order chi connectivity index (χ0) is 12.5. The molecule has 0 saturated heterocycles. The van der Waals surface area contributed by atoms with Crippen LogP contribution in [0.1, 0.15) is 17.0 Å². The summed E-state index contributed by atoms with van der Waals surface area (Å²) in [5, 5.41) is 0. The topological polar surface area (TPSA) is 45.1 Å². The molecule has 0 aromatic carbocycles. The number of nitrogens with zero attached hydrogens (tertiary/aromatic N) is 2. The van der Waals surface area contributed by atoms with E-state index < -0.39 is 0 Å². The minimum Gasteiger partial charge on any atom is -0.454 e. The van der Waals surface area contributed by atoms with Crippen LogP contribution in [0.4, 0.5) is 0 Å². The Hall–Kier alpha value is -0.730. The highest BCUT2D eigenvalue weighted by Crippen LogP contribution is 2.19. The third-order valence-corrected chi connectivity index (χ3v) is 3.85. The van der Waals surface area contributed by atoms with Gasteiger partial charge < -0.3 is 9.40 Å². The van der Waals surface area contributed by atoms with Crippen LogP contribution in [0.3, 0.4) is 0 Å². The van der Waals surface area contributed by atoms with Crippen molar-refractivity contribution in [3.05, 3.63) is 43.9 Å². The van der Waals surface area contributed by atoms with E-state index in [2.05, 4.69) is 37.5 Å². The fourth-order valence-corrected chi connectivity index (χ4v) is 2.84. The summed E-state index contributed by atoms with van der Waals surface area (Å²) in [5.74, 6) is 1.01. The number of H-pyrrole nitrogens is 1. The van der Waals surface area contributed by atoms with Gasteiger partial charge >= 0.3 is 0 Å². The Morgan fingerprint density at radius 1 is 1.50 bits per heavy atom. The molecule has 0 unspecified atom stereocenters. The molecule has 0 radical (unpaired) electrons. The second-order valence-electron chi connectivity index (χ2n) is 4.36. The normalized spacial score (nSPS) is 15.6. The van der Waals surface area contributed by atoms with Crippen molar-refractivity contribution in [1.82, 2.24) is 14.9 Å². The molecular weight excluding hydrogens is 361 g/mol. The van der Waals surface area contributed by atoms with Crippen LogP contribution in [0.25, 0.3) is 0 Å². The first-order chi connectivity index (χ1) is 8.70. The van der Waals surface area contributed by atoms with Crippen molar-refractivity contribution >= 4 is 34.8 Å². The molecule has 1 aliphatic rings. The van der Waals surface area contributed by atoms with Crippen molar-refractivity contribution in [2.24, 2.45) is 0 Å². The van der Waals surface area contributed by atoms with E-state index in [0.717, 1.165) is 35.6 Å². The molecule has 1 N–H and O–H groups in total.